The minimum atomic E-state index is -0.251. The van der Waals surface area contributed by atoms with E-state index < -0.39 is 0 Å². The zero-order chi connectivity index (χ0) is 11.2. The van der Waals surface area contributed by atoms with Gasteiger partial charge in [-0.25, -0.2) is 4.39 Å². The smallest absolute Gasteiger partial charge is 0.176 e. The Morgan fingerprint density at radius 1 is 1.27 bits per heavy atom. The van der Waals surface area contributed by atoms with Crippen molar-refractivity contribution >= 4 is 16.7 Å². The lowest BCUT2D eigenvalue weighted by Crippen LogP contribution is -1.93. The largest absolute Gasteiger partial charge is 0.352 e. The molecule has 0 saturated carbocycles. The Morgan fingerprint density at radius 3 is 2.53 bits per heavy atom. The van der Waals surface area contributed by atoms with Crippen LogP contribution in [0, 0.1) is 19.7 Å². The quantitative estimate of drug-likeness (QED) is 0.713. The standard InChI is InChI=1S/C12H12FNO/c1-6-9-4-5-10(13)7(2)12(9)14-11(6)8(3)15/h4-5,14H,1-3H3. The van der Waals surface area contributed by atoms with Gasteiger partial charge < -0.3 is 4.98 Å². The third-order valence-electron chi connectivity index (χ3n) is 2.78. The fraction of sp³-hybridized carbons (Fsp3) is 0.250. The number of aromatic amines is 1. The first-order valence-electron chi connectivity index (χ1n) is 4.80. The second kappa shape index (κ2) is 3.19. The molecular weight excluding hydrogens is 193 g/mol. The summed E-state index contributed by atoms with van der Waals surface area (Å²) in [6.07, 6.45) is 0. The molecule has 0 atom stereocenters. The predicted molar refractivity (Wildman–Crippen MR) is 57.7 cm³/mol. The van der Waals surface area contributed by atoms with E-state index in [9.17, 15) is 9.18 Å². The number of hydrogen-bond donors (Lipinski definition) is 1. The zero-order valence-corrected chi connectivity index (χ0v) is 8.94. The molecule has 2 rings (SSSR count). The summed E-state index contributed by atoms with van der Waals surface area (Å²) in [6.45, 7) is 5.08. The van der Waals surface area contributed by atoms with Gasteiger partial charge >= 0.3 is 0 Å². The van der Waals surface area contributed by atoms with Gasteiger partial charge in [-0.1, -0.05) is 0 Å². The highest BCUT2D eigenvalue weighted by Crippen LogP contribution is 2.26. The number of fused-ring (bicyclic) bond motifs is 1. The molecule has 0 saturated heterocycles. The van der Waals surface area contributed by atoms with Gasteiger partial charge in [0.15, 0.2) is 5.78 Å². The maximum absolute atomic E-state index is 13.3. The topological polar surface area (TPSA) is 32.9 Å². The summed E-state index contributed by atoms with van der Waals surface area (Å²) in [5.41, 5.74) is 2.74. The highest BCUT2D eigenvalue weighted by molar-refractivity contribution is 6.01. The molecule has 0 unspecified atom stereocenters. The van der Waals surface area contributed by atoms with E-state index in [4.69, 9.17) is 0 Å². The van der Waals surface area contributed by atoms with Gasteiger partial charge in [-0.15, -0.1) is 0 Å². The fourth-order valence-corrected chi connectivity index (χ4v) is 1.87. The van der Waals surface area contributed by atoms with Crippen molar-refractivity contribution in [2.45, 2.75) is 20.8 Å². The van der Waals surface area contributed by atoms with Gasteiger partial charge in [0.2, 0.25) is 0 Å². The van der Waals surface area contributed by atoms with Crippen LogP contribution in [-0.2, 0) is 0 Å². The Kier molecular flexibility index (Phi) is 2.11. The van der Waals surface area contributed by atoms with Gasteiger partial charge in [0.1, 0.15) is 5.82 Å². The number of hydrogen-bond acceptors (Lipinski definition) is 1. The molecular formula is C12H12FNO. The normalized spacial score (nSPS) is 10.9. The molecule has 0 aliphatic carbocycles. The molecule has 15 heavy (non-hydrogen) atoms. The molecule has 0 bridgehead atoms. The summed E-state index contributed by atoms with van der Waals surface area (Å²) in [4.78, 5) is 14.3. The first kappa shape index (κ1) is 9.90. The molecule has 2 aromatic rings. The average Bonchev–Trinajstić information content (AvgIpc) is 2.51. The SMILES string of the molecule is CC(=O)c1[nH]c2c(C)c(F)ccc2c1C. The number of halogens is 1. The van der Waals surface area contributed by atoms with E-state index in [1.165, 1.54) is 13.0 Å². The van der Waals surface area contributed by atoms with Crippen molar-refractivity contribution < 1.29 is 9.18 Å². The lowest BCUT2D eigenvalue weighted by molar-refractivity contribution is 0.101. The van der Waals surface area contributed by atoms with Crippen LogP contribution < -0.4 is 0 Å². The van der Waals surface area contributed by atoms with Crippen molar-refractivity contribution in [1.82, 2.24) is 4.98 Å². The summed E-state index contributed by atoms with van der Waals surface area (Å²) < 4.78 is 13.3. The van der Waals surface area contributed by atoms with Crippen molar-refractivity contribution in [3.63, 3.8) is 0 Å². The molecule has 2 nitrogen and oxygen atoms in total. The molecule has 0 radical (unpaired) electrons. The van der Waals surface area contributed by atoms with Crippen LogP contribution in [0.1, 0.15) is 28.5 Å². The Hall–Kier alpha value is -1.64. The third-order valence-corrected chi connectivity index (χ3v) is 2.78. The zero-order valence-electron chi connectivity index (χ0n) is 8.94. The summed E-state index contributed by atoms with van der Waals surface area (Å²) in [5.74, 6) is -0.276. The van der Waals surface area contributed by atoms with Crippen molar-refractivity contribution in [3.05, 3.63) is 34.8 Å². The minimum absolute atomic E-state index is 0.0245. The molecule has 1 aromatic carbocycles. The predicted octanol–water partition coefficient (Wildman–Crippen LogP) is 3.13. The van der Waals surface area contributed by atoms with Crippen molar-refractivity contribution in [1.29, 1.82) is 0 Å². The molecule has 0 spiro atoms. The number of nitrogens with one attached hydrogen (secondary N) is 1. The average molecular weight is 205 g/mol. The van der Waals surface area contributed by atoms with Crippen LogP contribution in [-0.4, -0.2) is 10.8 Å². The first-order valence-corrected chi connectivity index (χ1v) is 4.80. The second-order valence-corrected chi connectivity index (χ2v) is 3.78. The summed E-state index contributed by atoms with van der Waals surface area (Å²) in [6, 6.07) is 3.14. The summed E-state index contributed by atoms with van der Waals surface area (Å²) in [7, 11) is 0. The van der Waals surface area contributed by atoms with E-state index in [0.717, 1.165) is 16.5 Å². The van der Waals surface area contributed by atoms with Crippen LogP contribution in [0.25, 0.3) is 10.9 Å². The van der Waals surface area contributed by atoms with E-state index in [2.05, 4.69) is 4.98 Å². The minimum Gasteiger partial charge on any atom is -0.352 e. The van der Waals surface area contributed by atoms with Gasteiger partial charge in [0.25, 0.3) is 0 Å². The van der Waals surface area contributed by atoms with Gasteiger partial charge in [-0.05, 0) is 31.5 Å². The van der Waals surface area contributed by atoms with Crippen molar-refractivity contribution in [2.75, 3.05) is 0 Å². The highest BCUT2D eigenvalue weighted by Gasteiger charge is 2.13. The van der Waals surface area contributed by atoms with Crippen LogP contribution in [0.2, 0.25) is 0 Å². The Balaban J connectivity index is 2.88. The van der Waals surface area contributed by atoms with Crippen LogP contribution in [0.5, 0.6) is 0 Å². The number of rotatable bonds is 1. The monoisotopic (exact) mass is 205 g/mol. The maximum atomic E-state index is 13.3. The number of ketones is 1. The van der Waals surface area contributed by atoms with Gasteiger partial charge in [-0.2, -0.15) is 0 Å². The van der Waals surface area contributed by atoms with Crippen LogP contribution in [0.15, 0.2) is 12.1 Å². The lowest BCUT2D eigenvalue weighted by atomic mass is 10.1. The Bertz CT molecular complexity index is 554. The fourth-order valence-electron chi connectivity index (χ4n) is 1.87. The second-order valence-electron chi connectivity index (χ2n) is 3.78. The number of Topliss-reactive ketones (excluding diaryl/α,β-unsaturated/α-hetero) is 1. The highest BCUT2D eigenvalue weighted by atomic mass is 19.1. The molecule has 0 fully saturated rings. The molecule has 1 N–H and O–H groups in total. The summed E-state index contributed by atoms with van der Waals surface area (Å²) in [5, 5.41) is 0.916. The number of carbonyl (C=O) groups is 1. The summed E-state index contributed by atoms with van der Waals surface area (Å²) >= 11 is 0. The van der Waals surface area contributed by atoms with Crippen molar-refractivity contribution in [3.8, 4) is 0 Å². The molecule has 1 heterocycles. The number of aryl methyl sites for hydroxylation is 2. The van der Waals surface area contributed by atoms with E-state index >= 15 is 0 Å². The first-order chi connectivity index (χ1) is 7.02. The van der Waals surface area contributed by atoms with E-state index in [-0.39, 0.29) is 11.6 Å². The van der Waals surface area contributed by atoms with E-state index in [0.29, 0.717) is 11.3 Å². The van der Waals surface area contributed by atoms with Crippen molar-refractivity contribution in [2.24, 2.45) is 0 Å². The van der Waals surface area contributed by atoms with Crippen LogP contribution >= 0.6 is 0 Å². The Labute approximate surface area is 87.1 Å². The van der Waals surface area contributed by atoms with Crippen LogP contribution in [0.4, 0.5) is 4.39 Å². The molecule has 78 valence electrons. The molecule has 3 heteroatoms. The third kappa shape index (κ3) is 1.35. The molecule has 1 aromatic heterocycles. The van der Waals surface area contributed by atoms with E-state index in [1.807, 2.05) is 6.92 Å². The molecule has 0 amide bonds. The number of carbonyl (C=O) groups excluding carboxylic acids is 1. The number of aromatic nitrogens is 1. The molecule has 0 aliphatic rings. The van der Waals surface area contributed by atoms with Crippen LogP contribution in [0.3, 0.4) is 0 Å². The molecule has 0 aliphatic heterocycles. The lowest BCUT2D eigenvalue weighted by Gasteiger charge is -1.97. The van der Waals surface area contributed by atoms with E-state index in [1.54, 1.807) is 13.0 Å². The maximum Gasteiger partial charge on any atom is 0.176 e. The van der Waals surface area contributed by atoms with Gasteiger partial charge in [0.05, 0.1) is 11.2 Å². The van der Waals surface area contributed by atoms with Gasteiger partial charge in [0, 0.05) is 17.9 Å². The van der Waals surface area contributed by atoms with Gasteiger partial charge in [-0.3, -0.25) is 4.79 Å². The Morgan fingerprint density at radius 2 is 1.93 bits per heavy atom. The number of benzene rings is 1. The number of H-pyrrole nitrogens is 1.